The lowest BCUT2D eigenvalue weighted by Crippen LogP contribution is -2.34. The first-order valence-corrected chi connectivity index (χ1v) is 5.80. The molecule has 1 aromatic carbocycles. The van der Waals surface area contributed by atoms with E-state index in [0.717, 1.165) is 0 Å². The molecule has 1 N–H and O–H groups in total. The van der Waals surface area contributed by atoms with E-state index in [-0.39, 0.29) is 24.1 Å². The number of likely N-dealkylation sites (N-methyl/N-ethyl adjacent to an activating group) is 1. The second-order valence-corrected chi connectivity index (χ2v) is 4.05. The van der Waals surface area contributed by atoms with Crippen LogP contribution in [0.1, 0.15) is 10.6 Å². The highest BCUT2D eigenvalue weighted by molar-refractivity contribution is 5.97. The molecule has 0 aliphatic heterocycles. The first-order chi connectivity index (χ1) is 9.16. The largest absolute Gasteiger partial charge is 0.459 e. The summed E-state index contributed by atoms with van der Waals surface area (Å²) < 4.78 is 4.99. The van der Waals surface area contributed by atoms with E-state index in [0.29, 0.717) is 5.69 Å². The minimum atomic E-state index is -0.326. The van der Waals surface area contributed by atoms with Gasteiger partial charge in [0, 0.05) is 12.7 Å². The second kappa shape index (κ2) is 5.86. The second-order valence-electron chi connectivity index (χ2n) is 4.05. The van der Waals surface area contributed by atoms with Crippen molar-refractivity contribution in [1.29, 1.82) is 0 Å². The molecule has 0 fully saturated rings. The van der Waals surface area contributed by atoms with Gasteiger partial charge in [-0.05, 0) is 24.3 Å². The van der Waals surface area contributed by atoms with E-state index in [2.05, 4.69) is 5.32 Å². The van der Waals surface area contributed by atoms with Gasteiger partial charge in [-0.3, -0.25) is 9.59 Å². The summed E-state index contributed by atoms with van der Waals surface area (Å²) in [6.07, 6.45) is 1.42. The third-order valence-electron chi connectivity index (χ3n) is 2.52. The van der Waals surface area contributed by atoms with Gasteiger partial charge in [0.1, 0.15) is 0 Å². The van der Waals surface area contributed by atoms with Gasteiger partial charge in [-0.2, -0.15) is 0 Å². The molecule has 5 heteroatoms. The fourth-order valence-corrected chi connectivity index (χ4v) is 1.60. The molecule has 2 aromatic rings. The molecule has 0 bridgehead atoms. The number of hydrogen-bond donors (Lipinski definition) is 1. The summed E-state index contributed by atoms with van der Waals surface area (Å²) in [6, 6.07) is 12.3. The molecule has 0 atom stereocenters. The number of hydrogen-bond acceptors (Lipinski definition) is 3. The van der Waals surface area contributed by atoms with Gasteiger partial charge in [-0.1, -0.05) is 18.2 Å². The van der Waals surface area contributed by atoms with Crippen LogP contribution in [0.4, 0.5) is 5.69 Å². The van der Waals surface area contributed by atoms with Crippen LogP contribution < -0.4 is 5.32 Å². The third kappa shape index (κ3) is 3.45. The number of amides is 2. The van der Waals surface area contributed by atoms with Crippen molar-refractivity contribution >= 4 is 17.5 Å². The van der Waals surface area contributed by atoms with Crippen molar-refractivity contribution in [3.8, 4) is 0 Å². The number of para-hydroxylation sites is 1. The van der Waals surface area contributed by atoms with Crippen molar-refractivity contribution in [1.82, 2.24) is 4.90 Å². The standard InChI is InChI=1S/C14H14N2O3/c1-16(14(18)12-8-5-9-19-12)10-13(17)15-11-6-3-2-4-7-11/h2-9H,10H2,1H3,(H,15,17). The Morgan fingerprint density at radius 1 is 1.16 bits per heavy atom. The Hall–Kier alpha value is -2.56. The number of furan rings is 1. The lowest BCUT2D eigenvalue weighted by atomic mass is 10.3. The van der Waals surface area contributed by atoms with Gasteiger partial charge in [-0.15, -0.1) is 0 Å². The minimum absolute atomic E-state index is 0.0333. The minimum Gasteiger partial charge on any atom is -0.459 e. The molecule has 5 nitrogen and oxygen atoms in total. The van der Waals surface area contributed by atoms with Crippen LogP contribution in [0.25, 0.3) is 0 Å². The number of carbonyl (C=O) groups is 2. The summed E-state index contributed by atoms with van der Waals surface area (Å²) in [4.78, 5) is 24.9. The fraction of sp³-hybridized carbons (Fsp3) is 0.143. The zero-order valence-corrected chi connectivity index (χ0v) is 10.5. The predicted molar refractivity (Wildman–Crippen MR) is 70.7 cm³/mol. The van der Waals surface area contributed by atoms with Crippen LogP contribution in [0.3, 0.4) is 0 Å². The smallest absolute Gasteiger partial charge is 0.289 e. The number of rotatable bonds is 4. The Labute approximate surface area is 110 Å². The van der Waals surface area contributed by atoms with Gasteiger partial charge in [0.15, 0.2) is 5.76 Å². The van der Waals surface area contributed by atoms with Crippen molar-refractivity contribution in [2.75, 3.05) is 18.9 Å². The Bertz CT molecular complexity index is 549. The zero-order chi connectivity index (χ0) is 13.7. The van der Waals surface area contributed by atoms with Crippen LogP contribution >= 0.6 is 0 Å². The molecule has 0 aliphatic carbocycles. The summed E-state index contributed by atoms with van der Waals surface area (Å²) in [7, 11) is 1.55. The maximum absolute atomic E-state index is 11.8. The highest BCUT2D eigenvalue weighted by atomic mass is 16.3. The SMILES string of the molecule is CN(CC(=O)Nc1ccccc1)C(=O)c1ccco1. The number of nitrogens with zero attached hydrogens (tertiary/aromatic N) is 1. The van der Waals surface area contributed by atoms with Crippen molar-refractivity contribution in [3.63, 3.8) is 0 Å². The van der Waals surface area contributed by atoms with Crippen molar-refractivity contribution in [2.45, 2.75) is 0 Å². The van der Waals surface area contributed by atoms with Gasteiger partial charge in [0.05, 0.1) is 12.8 Å². The van der Waals surface area contributed by atoms with Crippen LogP contribution in [-0.2, 0) is 4.79 Å². The predicted octanol–water partition coefficient (Wildman–Crippen LogP) is 1.99. The van der Waals surface area contributed by atoms with Crippen LogP contribution in [0, 0.1) is 0 Å². The molecule has 2 rings (SSSR count). The third-order valence-corrected chi connectivity index (χ3v) is 2.52. The Morgan fingerprint density at radius 2 is 1.89 bits per heavy atom. The van der Waals surface area contributed by atoms with Crippen LogP contribution in [0.15, 0.2) is 53.1 Å². The molecule has 0 saturated carbocycles. The highest BCUT2D eigenvalue weighted by Crippen LogP contribution is 2.06. The van der Waals surface area contributed by atoms with Gasteiger partial charge >= 0.3 is 0 Å². The van der Waals surface area contributed by atoms with E-state index in [1.165, 1.54) is 11.2 Å². The maximum atomic E-state index is 11.8. The summed E-state index contributed by atoms with van der Waals surface area (Å²) in [5.41, 5.74) is 0.700. The summed E-state index contributed by atoms with van der Waals surface area (Å²) >= 11 is 0. The molecule has 0 saturated heterocycles. The average molecular weight is 258 g/mol. The molecular formula is C14H14N2O3. The van der Waals surface area contributed by atoms with Crippen molar-refractivity contribution in [3.05, 3.63) is 54.5 Å². The zero-order valence-electron chi connectivity index (χ0n) is 10.5. The molecule has 98 valence electrons. The van der Waals surface area contributed by atoms with E-state index in [1.54, 1.807) is 31.3 Å². The molecule has 0 spiro atoms. The molecule has 0 radical (unpaired) electrons. The lowest BCUT2D eigenvalue weighted by molar-refractivity contribution is -0.116. The first kappa shape index (κ1) is 12.9. The molecule has 1 aromatic heterocycles. The Balaban J connectivity index is 1.90. The summed E-state index contributed by atoms with van der Waals surface area (Å²) in [5, 5.41) is 2.71. The van der Waals surface area contributed by atoms with Gasteiger partial charge in [0.25, 0.3) is 5.91 Å². The molecule has 2 amide bonds. The normalized spacial score (nSPS) is 9.95. The quantitative estimate of drug-likeness (QED) is 0.912. The summed E-state index contributed by atoms with van der Waals surface area (Å²) in [5.74, 6) is -0.364. The summed E-state index contributed by atoms with van der Waals surface area (Å²) in [6.45, 7) is -0.0333. The van der Waals surface area contributed by atoms with Crippen LogP contribution in [0.5, 0.6) is 0 Å². The highest BCUT2D eigenvalue weighted by Gasteiger charge is 2.16. The van der Waals surface area contributed by atoms with E-state index >= 15 is 0 Å². The maximum Gasteiger partial charge on any atom is 0.289 e. The number of nitrogens with one attached hydrogen (secondary N) is 1. The lowest BCUT2D eigenvalue weighted by Gasteiger charge is -2.15. The first-order valence-electron chi connectivity index (χ1n) is 5.80. The van der Waals surface area contributed by atoms with Gasteiger partial charge < -0.3 is 14.6 Å². The topological polar surface area (TPSA) is 62.6 Å². The van der Waals surface area contributed by atoms with Crippen LogP contribution in [-0.4, -0.2) is 30.3 Å². The van der Waals surface area contributed by atoms with E-state index in [4.69, 9.17) is 4.42 Å². The van der Waals surface area contributed by atoms with Gasteiger partial charge in [-0.25, -0.2) is 0 Å². The molecular weight excluding hydrogens is 244 g/mol. The number of carbonyl (C=O) groups excluding carboxylic acids is 2. The Morgan fingerprint density at radius 3 is 2.53 bits per heavy atom. The van der Waals surface area contributed by atoms with Crippen molar-refractivity contribution in [2.24, 2.45) is 0 Å². The van der Waals surface area contributed by atoms with E-state index < -0.39 is 0 Å². The van der Waals surface area contributed by atoms with E-state index in [1.807, 2.05) is 18.2 Å². The van der Waals surface area contributed by atoms with Gasteiger partial charge in [0.2, 0.25) is 5.91 Å². The molecule has 1 heterocycles. The average Bonchev–Trinajstić information content (AvgIpc) is 2.92. The monoisotopic (exact) mass is 258 g/mol. The Kier molecular flexibility index (Phi) is 3.97. The number of anilines is 1. The van der Waals surface area contributed by atoms with Crippen LogP contribution in [0.2, 0.25) is 0 Å². The van der Waals surface area contributed by atoms with Crippen molar-refractivity contribution < 1.29 is 14.0 Å². The van der Waals surface area contributed by atoms with E-state index in [9.17, 15) is 9.59 Å². The fourth-order valence-electron chi connectivity index (χ4n) is 1.60. The molecule has 0 unspecified atom stereocenters. The molecule has 19 heavy (non-hydrogen) atoms. The number of benzene rings is 1. The molecule has 0 aliphatic rings.